The van der Waals surface area contributed by atoms with Gasteiger partial charge in [0.1, 0.15) is 5.75 Å². The van der Waals surface area contributed by atoms with Crippen LogP contribution in [0.4, 0.5) is 0 Å². The normalized spacial score (nSPS) is 12.2. The molecule has 0 aliphatic carbocycles. The number of rotatable bonds is 5. The molecule has 0 aliphatic heterocycles. The van der Waals surface area contributed by atoms with Crippen LogP contribution in [0, 0.1) is 0 Å². The van der Waals surface area contributed by atoms with Crippen LogP contribution in [0.5, 0.6) is 5.75 Å². The zero-order valence-corrected chi connectivity index (χ0v) is 11.3. The number of nitrogens with zero attached hydrogens (tertiary/aromatic N) is 2. The smallest absolute Gasteiger partial charge is 0.173 e. The third-order valence-corrected chi connectivity index (χ3v) is 2.96. The Bertz CT molecular complexity index is 430. The second-order valence-electron chi connectivity index (χ2n) is 4.53. The third-order valence-electron chi connectivity index (χ3n) is 2.96. The Kier molecular flexibility index (Phi) is 4.97. The highest BCUT2D eigenvalue weighted by Crippen LogP contribution is 2.21. The van der Waals surface area contributed by atoms with E-state index in [1.807, 2.05) is 12.1 Å². The van der Waals surface area contributed by atoms with Crippen LogP contribution in [-0.4, -0.2) is 36.1 Å². The van der Waals surface area contributed by atoms with E-state index in [0.29, 0.717) is 17.4 Å². The Labute approximate surface area is 108 Å². The Morgan fingerprint density at radius 2 is 2.17 bits per heavy atom. The highest BCUT2D eigenvalue weighted by molar-refractivity contribution is 5.99. The van der Waals surface area contributed by atoms with E-state index in [9.17, 15) is 0 Å². The maximum Gasteiger partial charge on any atom is 0.173 e. The lowest BCUT2D eigenvalue weighted by Crippen LogP contribution is -2.25. The Balaban J connectivity index is 2.99. The number of hydrogen-bond donors (Lipinski definition) is 2. The van der Waals surface area contributed by atoms with E-state index < -0.39 is 0 Å². The van der Waals surface area contributed by atoms with E-state index in [0.717, 1.165) is 12.1 Å². The van der Waals surface area contributed by atoms with E-state index >= 15 is 0 Å². The van der Waals surface area contributed by atoms with Crippen molar-refractivity contribution in [3.05, 3.63) is 29.3 Å². The quantitative estimate of drug-likeness (QED) is 0.361. The summed E-state index contributed by atoms with van der Waals surface area (Å²) in [6, 6.07) is 6.14. The first-order chi connectivity index (χ1) is 8.49. The van der Waals surface area contributed by atoms with Gasteiger partial charge >= 0.3 is 0 Å². The van der Waals surface area contributed by atoms with E-state index in [4.69, 9.17) is 15.7 Å². The molecule has 1 aromatic rings. The second-order valence-corrected chi connectivity index (χ2v) is 4.53. The molecule has 0 saturated carbocycles. The molecule has 1 aromatic carbocycles. The van der Waals surface area contributed by atoms with Gasteiger partial charge in [-0.25, -0.2) is 0 Å². The fraction of sp³-hybridized carbons (Fsp3) is 0.462. The van der Waals surface area contributed by atoms with Crippen molar-refractivity contribution in [3.63, 3.8) is 0 Å². The third kappa shape index (κ3) is 3.37. The molecule has 5 nitrogen and oxygen atoms in total. The van der Waals surface area contributed by atoms with Crippen molar-refractivity contribution in [1.29, 1.82) is 0 Å². The number of hydrogen-bond acceptors (Lipinski definition) is 4. The highest BCUT2D eigenvalue weighted by atomic mass is 16.5. The fourth-order valence-corrected chi connectivity index (χ4v) is 1.57. The number of methoxy groups -OCH3 is 1. The van der Waals surface area contributed by atoms with Gasteiger partial charge in [0.15, 0.2) is 5.84 Å². The van der Waals surface area contributed by atoms with Crippen molar-refractivity contribution in [1.82, 2.24) is 4.90 Å². The van der Waals surface area contributed by atoms with Crippen LogP contribution in [-0.2, 0) is 6.54 Å². The van der Waals surface area contributed by atoms with Gasteiger partial charge in [0.05, 0.1) is 12.7 Å². The van der Waals surface area contributed by atoms with Crippen molar-refractivity contribution in [2.75, 3.05) is 14.2 Å². The average Bonchev–Trinajstić information content (AvgIpc) is 2.37. The van der Waals surface area contributed by atoms with Gasteiger partial charge in [-0.05, 0) is 38.6 Å². The molecule has 1 rings (SSSR count). The molecule has 100 valence electrons. The van der Waals surface area contributed by atoms with Gasteiger partial charge < -0.3 is 15.7 Å². The van der Waals surface area contributed by atoms with Gasteiger partial charge in [0, 0.05) is 12.6 Å². The lowest BCUT2D eigenvalue weighted by molar-refractivity contribution is 0.265. The minimum absolute atomic E-state index is 0.0515. The fourth-order valence-electron chi connectivity index (χ4n) is 1.57. The van der Waals surface area contributed by atoms with Crippen LogP contribution in [0.15, 0.2) is 23.4 Å². The molecule has 0 fully saturated rings. The molecule has 0 heterocycles. The van der Waals surface area contributed by atoms with Crippen molar-refractivity contribution < 1.29 is 9.94 Å². The zero-order valence-electron chi connectivity index (χ0n) is 11.3. The summed E-state index contributed by atoms with van der Waals surface area (Å²) < 4.78 is 5.26. The predicted octanol–water partition coefficient (Wildman–Crippen LogP) is 1.63. The Morgan fingerprint density at radius 1 is 1.50 bits per heavy atom. The van der Waals surface area contributed by atoms with Gasteiger partial charge in [-0.2, -0.15) is 0 Å². The zero-order chi connectivity index (χ0) is 13.7. The van der Waals surface area contributed by atoms with Gasteiger partial charge in [-0.3, -0.25) is 4.90 Å². The summed E-state index contributed by atoms with van der Waals surface area (Å²) in [5.74, 6) is 0.663. The van der Waals surface area contributed by atoms with Crippen LogP contribution < -0.4 is 10.5 Å². The molecule has 0 atom stereocenters. The minimum Gasteiger partial charge on any atom is -0.496 e. The molecule has 5 heteroatoms. The molecule has 0 aromatic heterocycles. The summed E-state index contributed by atoms with van der Waals surface area (Å²) in [4.78, 5) is 2.22. The minimum atomic E-state index is 0.0515. The molecule has 18 heavy (non-hydrogen) atoms. The summed E-state index contributed by atoms with van der Waals surface area (Å²) in [6.45, 7) is 5.11. The molecule has 0 aliphatic rings. The van der Waals surface area contributed by atoms with Crippen molar-refractivity contribution in [2.45, 2.75) is 26.4 Å². The summed E-state index contributed by atoms with van der Waals surface area (Å²) in [5.41, 5.74) is 7.30. The molecular formula is C13H21N3O2. The average molecular weight is 251 g/mol. The molecule has 0 unspecified atom stereocenters. The van der Waals surface area contributed by atoms with Gasteiger partial charge in [-0.1, -0.05) is 11.2 Å². The molecule has 0 radical (unpaired) electrons. The molecule has 0 saturated heterocycles. The van der Waals surface area contributed by atoms with Gasteiger partial charge in [0.2, 0.25) is 0 Å². The monoisotopic (exact) mass is 251 g/mol. The summed E-state index contributed by atoms with van der Waals surface area (Å²) in [6.07, 6.45) is 0. The van der Waals surface area contributed by atoms with Crippen molar-refractivity contribution >= 4 is 5.84 Å². The van der Waals surface area contributed by atoms with Crippen molar-refractivity contribution in [2.24, 2.45) is 10.9 Å². The van der Waals surface area contributed by atoms with Crippen molar-refractivity contribution in [3.8, 4) is 5.75 Å². The van der Waals surface area contributed by atoms with E-state index in [2.05, 4.69) is 31.0 Å². The number of amidine groups is 1. The summed E-state index contributed by atoms with van der Waals surface area (Å²) >= 11 is 0. The summed E-state index contributed by atoms with van der Waals surface area (Å²) in [5, 5.41) is 11.7. The highest BCUT2D eigenvalue weighted by Gasteiger charge is 2.10. The first kappa shape index (κ1) is 14.3. The second kappa shape index (κ2) is 6.26. The van der Waals surface area contributed by atoms with Crippen LogP contribution in [0.25, 0.3) is 0 Å². The maximum atomic E-state index is 8.69. The lowest BCUT2D eigenvalue weighted by atomic mass is 10.1. The number of nitrogens with two attached hydrogens (primary N) is 1. The topological polar surface area (TPSA) is 71.1 Å². The first-order valence-electron chi connectivity index (χ1n) is 5.84. The Morgan fingerprint density at radius 3 is 2.67 bits per heavy atom. The molecule has 0 amide bonds. The van der Waals surface area contributed by atoms with Crippen LogP contribution in [0.2, 0.25) is 0 Å². The lowest BCUT2D eigenvalue weighted by Gasteiger charge is -2.21. The molecule has 0 bridgehead atoms. The van der Waals surface area contributed by atoms with E-state index in [-0.39, 0.29) is 5.84 Å². The molecular weight excluding hydrogens is 230 g/mol. The van der Waals surface area contributed by atoms with E-state index in [1.54, 1.807) is 13.2 Å². The summed E-state index contributed by atoms with van der Waals surface area (Å²) in [7, 11) is 3.63. The van der Waals surface area contributed by atoms with Gasteiger partial charge in [-0.15, -0.1) is 0 Å². The SMILES string of the molecule is COc1cc(CN(C)C(C)C)ccc1/C(N)=N/O. The van der Waals surface area contributed by atoms with Crippen LogP contribution in [0.3, 0.4) is 0 Å². The molecule has 0 spiro atoms. The number of benzene rings is 1. The number of oxime groups is 1. The molecule has 3 N–H and O–H groups in total. The number of ether oxygens (including phenoxy) is 1. The first-order valence-corrected chi connectivity index (χ1v) is 5.84. The van der Waals surface area contributed by atoms with Gasteiger partial charge in [0.25, 0.3) is 0 Å². The maximum absolute atomic E-state index is 8.69. The van der Waals surface area contributed by atoms with Crippen LogP contribution in [0.1, 0.15) is 25.0 Å². The van der Waals surface area contributed by atoms with E-state index in [1.165, 1.54) is 0 Å². The van der Waals surface area contributed by atoms with Crippen LogP contribution >= 0.6 is 0 Å². The largest absolute Gasteiger partial charge is 0.496 e. The predicted molar refractivity (Wildman–Crippen MR) is 72.1 cm³/mol. The Hall–Kier alpha value is -1.75. The standard InChI is InChI=1S/C13H21N3O2/c1-9(2)16(3)8-10-5-6-11(13(14)15-17)12(7-10)18-4/h5-7,9,17H,8H2,1-4H3,(H2,14,15).